The van der Waals surface area contributed by atoms with Gasteiger partial charge in [-0.15, -0.1) is 0 Å². The molecule has 26 heavy (non-hydrogen) atoms. The lowest BCUT2D eigenvalue weighted by molar-refractivity contribution is -0.114. The summed E-state index contributed by atoms with van der Waals surface area (Å²) in [5, 5.41) is 8.71. The van der Waals surface area contributed by atoms with Crippen LogP contribution in [-0.4, -0.2) is 52.6 Å². The maximum absolute atomic E-state index is 11.4. The highest BCUT2D eigenvalue weighted by atomic mass is 16.5. The van der Waals surface area contributed by atoms with Gasteiger partial charge < -0.3 is 19.7 Å². The molecule has 8 nitrogen and oxygen atoms in total. The highest BCUT2D eigenvalue weighted by Crippen LogP contribution is 2.38. The van der Waals surface area contributed by atoms with E-state index in [9.17, 15) is 4.79 Å². The van der Waals surface area contributed by atoms with Crippen LogP contribution in [0.3, 0.4) is 0 Å². The zero-order valence-electron chi connectivity index (χ0n) is 14.9. The Hall–Kier alpha value is -2.19. The third-order valence-electron chi connectivity index (χ3n) is 5.48. The number of anilines is 2. The van der Waals surface area contributed by atoms with Gasteiger partial charge >= 0.3 is 0 Å². The summed E-state index contributed by atoms with van der Waals surface area (Å²) in [6.45, 7) is 3.87. The molecule has 5 heterocycles. The van der Waals surface area contributed by atoms with Crippen LogP contribution in [0, 0.1) is 0 Å². The van der Waals surface area contributed by atoms with Crippen molar-refractivity contribution in [2.24, 2.45) is 0 Å². The number of aromatic nitrogens is 3. The predicted octanol–water partition coefficient (Wildman–Crippen LogP) is 2.07. The second-order valence-electron chi connectivity index (χ2n) is 7.35. The van der Waals surface area contributed by atoms with E-state index in [2.05, 4.69) is 15.2 Å². The minimum Gasteiger partial charge on any atom is -0.374 e. The van der Waals surface area contributed by atoms with Gasteiger partial charge in [-0.2, -0.15) is 5.10 Å². The maximum atomic E-state index is 11.4. The van der Waals surface area contributed by atoms with Crippen molar-refractivity contribution in [3.05, 3.63) is 12.3 Å². The van der Waals surface area contributed by atoms with Crippen LogP contribution in [0.5, 0.6) is 0 Å². The average Bonchev–Trinajstić information content (AvgIpc) is 3.35. The molecule has 138 valence electrons. The van der Waals surface area contributed by atoms with E-state index in [1.165, 1.54) is 6.92 Å². The van der Waals surface area contributed by atoms with Gasteiger partial charge in [0.1, 0.15) is 5.82 Å². The molecule has 0 saturated carbocycles. The molecule has 2 aromatic rings. The molecule has 3 aliphatic heterocycles. The van der Waals surface area contributed by atoms with Crippen LogP contribution in [0.4, 0.5) is 11.6 Å². The molecule has 3 aliphatic rings. The number of amides is 1. The van der Waals surface area contributed by atoms with Crippen molar-refractivity contribution in [2.75, 3.05) is 30.0 Å². The summed E-state index contributed by atoms with van der Waals surface area (Å²) in [5.41, 5.74) is 0.953. The van der Waals surface area contributed by atoms with Crippen molar-refractivity contribution in [3.8, 4) is 0 Å². The van der Waals surface area contributed by atoms with E-state index in [-0.39, 0.29) is 12.1 Å². The SMILES string of the molecule is CC(=O)Nc1cc2c(cn1)c(N1CC3CC1CO3)nn2C1CCCCO1. The van der Waals surface area contributed by atoms with E-state index in [0.29, 0.717) is 18.0 Å². The van der Waals surface area contributed by atoms with E-state index in [1.54, 1.807) is 0 Å². The first kappa shape index (κ1) is 16.0. The van der Waals surface area contributed by atoms with Gasteiger partial charge in [0.2, 0.25) is 5.91 Å². The molecule has 3 atom stereocenters. The van der Waals surface area contributed by atoms with Gasteiger partial charge in [0.25, 0.3) is 0 Å². The zero-order chi connectivity index (χ0) is 17.7. The molecule has 3 saturated heterocycles. The Kier molecular flexibility index (Phi) is 3.82. The first-order valence-corrected chi connectivity index (χ1v) is 9.35. The van der Waals surface area contributed by atoms with Crippen LogP contribution in [-0.2, 0) is 14.3 Å². The number of hydrogen-bond donors (Lipinski definition) is 1. The summed E-state index contributed by atoms with van der Waals surface area (Å²) in [6, 6.07) is 2.28. The standard InChI is InChI=1S/C18H23N5O3/c1-11(24)20-16-7-15-14(8-19-16)18(22-9-13-6-12(22)10-26-13)21-23(15)17-4-2-3-5-25-17/h7-8,12-13,17H,2-6,9-10H2,1H3,(H,19,20,24). The van der Waals surface area contributed by atoms with Crippen molar-refractivity contribution in [1.82, 2.24) is 14.8 Å². The summed E-state index contributed by atoms with van der Waals surface area (Å²) >= 11 is 0. The Morgan fingerprint density at radius 1 is 1.35 bits per heavy atom. The molecule has 0 spiro atoms. The van der Waals surface area contributed by atoms with E-state index in [0.717, 1.165) is 62.2 Å². The first-order chi connectivity index (χ1) is 12.7. The zero-order valence-corrected chi connectivity index (χ0v) is 14.9. The van der Waals surface area contributed by atoms with Gasteiger partial charge in [0.05, 0.1) is 29.7 Å². The van der Waals surface area contributed by atoms with Crippen molar-refractivity contribution < 1.29 is 14.3 Å². The van der Waals surface area contributed by atoms with Crippen molar-refractivity contribution in [2.45, 2.75) is 51.0 Å². The number of carbonyl (C=O) groups is 1. The Bertz CT molecular complexity index is 845. The van der Waals surface area contributed by atoms with Crippen molar-refractivity contribution in [3.63, 3.8) is 0 Å². The number of hydrogen-bond acceptors (Lipinski definition) is 6. The maximum Gasteiger partial charge on any atom is 0.222 e. The van der Waals surface area contributed by atoms with Crippen LogP contribution in [0.2, 0.25) is 0 Å². The largest absolute Gasteiger partial charge is 0.374 e. The van der Waals surface area contributed by atoms with E-state index in [4.69, 9.17) is 14.6 Å². The summed E-state index contributed by atoms with van der Waals surface area (Å²) in [7, 11) is 0. The lowest BCUT2D eigenvalue weighted by atomic mass is 10.2. The highest BCUT2D eigenvalue weighted by Gasteiger charge is 2.41. The van der Waals surface area contributed by atoms with Crippen molar-refractivity contribution in [1.29, 1.82) is 0 Å². The number of nitrogens with zero attached hydrogens (tertiary/aromatic N) is 4. The number of rotatable bonds is 3. The fourth-order valence-electron chi connectivity index (χ4n) is 4.27. The number of nitrogens with one attached hydrogen (secondary N) is 1. The lowest BCUT2D eigenvalue weighted by Crippen LogP contribution is -2.37. The molecule has 3 fully saturated rings. The molecular formula is C18H23N5O3. The van der Waals surface area contributed by atoms with Crippen LogP contribution in [0.1, 0.15) is 38.8 Å². The summed E-state index contributed by atoms with van der Waals surface area (Å²) in [6.07, 6.45) is 6.28. The number of carbonyl (C=O) groups excluding carboxylic acids is 1. The van der Waals surface area contributed by atoms with Crippen LogP contribution in [0.15, 0.2) is 12.3 Å². The topological polar surface area (TPSA) is 81.5 Å². The number of morpholine rings is 1. The van der Waals surface area contributed by atoms with Crippen molar-refractivity contribution >= 4 is 28.4 Å². The Labute approximate surface area is 151 Å². The van der Waals surface area contributed by atoms with Gasteiger partial charge in [0, 0.05) is 32.3 Å². The summed E-state index contributed by atoms with van der Waals surface area (Å²) < 4.78 is 13.7. The van der Waals surface area contributed by atoms with Crippen LogP contribution >= 0.6 is 0 Å². The molecule has 8 heteroatoms. The second kappa shape index (κ2) is 6.21. The third kappa shape index (κ3) is 2.64. The summed E-state index contributed by atoms with van der Waals surface area (Å²) in [5.74, 6) is 1.36. The predicted molar refractivity (Wildman–Crippen MR) is 96.2 cm³/mol. The van der Waals surface area contributed by atoms with Gasteiger partial charge in [-0.05, 0) is 25.7 Å². The Morgan fingerprint density at radius 3 is 2.96 bits per heavy atom. The molecular weight excluding hydrogens is 334 g/mol. The lowest BCUT2D eigenvalue weighted by Gasteiger charge is -2.27. The van der Waals surface area contributed by atoms with E-state index < -0.39 is 0 Å². The third-order valence-corrected chi connectivity index (χ3v) is 5.48. The second-order valence-corrected chi connectivity index (χ2v) is 7.35. The van der Waals surface area contributed by atoms with E-state index >= 15 is 0 Å². The van der Waals surface area contributed by atoms with E-state index in [1.807, 2.05) is 16.9 Å². The molecule has 2 bridgehead atoms. The Morgan fingerprint density at radius 2 is 2.27 bits per heavy atom. The molecule has 3 unspecified atom stereocenters. The molecule has 2 aromatic heterocycles. The number of fused-ring (bicyclic) bond motifs is 3. The normalized spacial score (nSPS) is 28.0. The molecule has 0 aliphatic carbocycles. The fourth-order valence-corrected chi connectivity index (χ4v) is 4.27. The van der Waals surface area contributed by atoms with Gasteiger partial charge in [0.15, 0.2) is 12.0 Å². The molecule has 1 amide bonds. The van der Waals surface area contributed by atoms with Crippen LogP contribution in [0.25, 0.3) is 10.9 Å². The van der Waals surface area contributed by atoms with Gasteiger partial charge in [-0.25, -0.2) is 9.67 Å². The van der Waals surface area contributed by atoms with Crippen LogP contribution < -0.4 is 10.2 Å². The number of pyridine rings is 1. The highest BCUT2D eigenvalue weighted by molar-refractivity contribution is 5.94. The summed E-state index contributed by atoms with van der Waals surface area (Å²) in [4.78, 5) is 18.2. The minimum absolute atomic E-state index is 0.0661. The quantitative estimate of drug-likeness (QED) is 0.906. The first-order valence-electron chi connectivity index (χ1n) is 9.35. The number of ether oxygens (including phenoxy) is 2. The smallest absolute Gasteiger partial charge is 0.222 e. The minimum atomic E-state index is -0.133. The fraction of sp³-hybridized carbons (Fsp3) is 0.611. The van der Waals surface area contributed by atoms with Gasteiger partial charge in [-0.1, -0.05) is 0 Å². The molecule has 5 rings (SSSR count). The Balaban J connectivity index is 1.59. The molecule has 0 radical (unpaired) electrons. The monoisotopic (exact) mass is 357 g/mol. The molecule has 0 aromatic carbocycles. The molecule has 1 N–H and O–H groups in total. The average molecular weight is 357 g/mol. The van der Waals surface area contributed by atoms with Gasteiger partial charge in [-0.3, -0.25) is 4.79 Å².